The Balaban J connectivity index is 0.00000121. The molecule has 1 unspecified atom stereocenters. The highest BCUT2D eigenvalue weighted by atomic mass is 79.9. The van der Waals surface area contributed by atoms with Gasteiger partial charge in [0.2, 0.25) is 0 Å². The average Bonchev–Trinajstić information content (AvgIpc) is 3.16. The molecule has 1 atom stereocenters. The quantitative estimate of drug-likeness (QED) is 0.549. The molecule has 1 fully saturated rings. The molecule has 3 aromatic rings. The van der Waals surface area contributed by atoms with E-state index in [1.165, 1.54) is 21.8 Å². The highest BCUT2D eigenvalue weighted by Crippen LogP contribution is 2.33. The fourth-order valence-corrected chi connectivity index (χ4v) is 3.34. The number of hydrogen-bond donors (Lipinski definition) is 0. The molecule has 4 rings (SSSR count). The first kappa shape index (κ1) is 14.4. The van der Waals surface area contributed by atoms with Crippen LogP contribution in [0, 0.1) is 0 Å². The smallest absolute Gasteiger partial charge is 0.0988 e. The predicted octanol–water partition coefficient (Wildman–Crippen LogP) is 4.83. The molecule has 104 valence electrons. The maximum Gasteiger partial charge on any atom is 0.0988 e. The second-order valence-electron chi connectivity index (χ2n) is 4.89. The second kappa shape index (κ2) is 5.37. The summed E-state index contributed by atoms with van der Waals surface area (Å²) in [7, 11) is 0. The summed E-state index contributed by atoms with van der Waals surface area (Å²) in [5.41, 5.74) is 2.54. The van der Waals surface area contributed by atoms with E-state index < -0.39 is 0 Å². The van der Waals surface area contributed by atoms with E-state index in [1.54, 1.807) is 0 Å². The zero-order valence-corrected chi connectivity index (χ0v) is 14.7. The Labute approximate surface area is 140 Å². The number of rotatable bonds is 2. The number of ether oxygens (including phenoxy) is 1. The molecule has 0 radical (unpaired) electrons. The van der Waals surface area contributed by atoms with Gasteiger partial charge >= 0.3 is 0 Å². The molecule has 5 heteroatoms. The standard InChI is InChI=1S/C15H11Br2NO.H2S/c16-9-1-3-14-12(5-9)13-6-10(17)2-4-15(13)18(14)7-11-8-19-11;/h1-6,11H,7-8H2;1H2. The lowest BCUT2D eigenvalue weighted by molar-refractivity contribution is 0.387. The van der Waals surface area contributed by atoms with Crippen molar-refractivity contribution in [3.8, 4) is 0 Å². The third-order valence-corrected chi connectivity index (χ3v) is 4.56. The predicted molar refractivity (Wildman–Crippen MR) is 95.0 cm³/mol. The summed E-state index contributed by atoms with van der Waals surface area (Å²) in [4.78, 5) is 0. The van der Waals surface area contributed by atoms with E-state index in [1.807, 2.05) is 0 Å². The SMILES string of the molecule is Brc1ccc2c(c1)c1cc(Br)ccc1n2CC1CO1.S. The second-order valence-corrected chi connectivity index (χ2v) is 6.72. The minimum absolute atomic E-state index is 0. The van der Waals surface area contributed by atoms with Gasteiger partial charge in [0, 0.05) is 30.8 Å². The molecule has 0 saturated carbocycles. The molecule has 2 aromatic carbocycles. The van der Waals surface area contributed by atoms with E-state index in [-0.39, 0.29) is 13.5 Å². The van der Waals surface area contributed by atoms with Crippen molar-refractivity contribution >= 4 is 67.2 Å². The maximum atomic E-state index is 5.39. The lowest BCUT2D eigenvalue weighted by Gasteiger charge is -2.04. The number of fused-ring (bicyclic) bond motifs is 3. The van der Waals surface area contributed by atoms with Crippen LogP contribution in [0.1, 0.15) is 0 Å². The van der Waals surface area contributed by atoms with Gasteiger partial charge in [0.1, 0.15) is 0 Å². The van der Waals surface area contributed by atoms with Gasteiger partial charge in [-0.05, 0) is 36.4 Å². The highest BCUT2D eigenvalue weighted by molar-refractivity contribution is 9.10. The van der Waals surface area contributed by atoms with Gasteiger partial charge in [-0.15, -0.1) is 0 Å². The summed E-state index contributed by atoms with van der Waals surface area (Å²) in [6.45, 7) is 1.82. The molecule has 1 saturated heterocycles. The molecular formula is C15H13Br2NOS. The Morgan fingerprint density at radius 3 is 1.95 bits per heavy atom. The van der Waals surface area contributed by atoms with Crippen LogP contribution in [0.15, 0.2) is 45.3 Å². The summed E-state index contributed by atoms with van der Waals surface area (Å²) in [6.07, 6.45) is 0.381. The normalized spacial score (nSPS) is 17.4. The van der Waals surface area contributed by atoms with Gasteiger partial charge in [-0.1, -0.05) is 31.9 Å². The number of halogens is 2. The van der Waals surface area contributed by atoms with E-state index >= 15 is 0 Å². The summed E-state index contributed by atoms with van der Waals surface area (Å²) < 4.78 is 9.98. The van der Waals surface area contributed by atoms with Crippen LogP contribution in [0.2, 0.25) is 0 Å². The van der Waals surface area contributed by atoms with Gasteiger partial charge in [-0.25, -0.2) is 0 Å². The summed E-state index contributed by atoms with van der Waals surface area (Å²) in [6, 6.07) is 12.9. The monoisotopic (exact) mass is 413 g/mol. The lowest BCUT2D eigenvalue weighted by atomic mass is 10.2. The Hall–Kier alpha value is -0.490. The summed E-state index contributed by atoms with van der Waals surface area (Å²) >= 11 is 7.13. The zero-order valence-electron chi connectivity index (χ0n) is 10.6. The first-order chi connectivity index (χ1) is 9.22. The Morgan fingerprint density at radius 2 is 1.50 bits per heavy atom. The Morgan fingerprint density at radius 1 is 1.00 bits per heavy atom. The van der Waals surface area contributed by atoms with Crippen LogP contribution in [-0.4, -0.2) is 17.3 Å². The number of hydrogen-bond acceptors (Lipinski definition) is 1. The minimum atomic E-state index is 0. The van der Waals surface area contributed by atoms with E-state index in [0.717, 1.165) is 22.1 Å². The minimum Gasteiger partial charge on any atom is -0.371 e. The number of epoxide rings is 1. The van der Waals surface area contributed by atoms with Gasteiger partial charge in [0.05, 0.1) is 19.3 Å². The van der Waals surface area contributed by atoms with E-state index in [4.69, 9.17) is 4.74 Å². The third-order valence-electron chi connectivity index (χ3n) is 3.58. The summed E-state index contributed by atoms with van der Waals surface area (Å²) in [5, 5.41) is 2.57. The maximum absolute atomic E-state index is 5.39. The van der Waals surface area contributed by atoms with Gasteiger partial charge in [0.25, 0.3) is 0 Å². The van der Waals surface area contributed by atoms with Crippen LogP contribution in [-0.2, 0) is 11.3 Å². The van der Waals surface area contributed by atoms with E-state index in [2.05, 4.69) is 72.8 Å². The lowest BCUT2D eigenvalue weighted by Crippen LogP contribution is -2.03. The van der Waals surface area contributed by atoms with Crippen molar-refractivity contribution in [2.45, 2.75) is 12.6 Å². The highest BCUT2D eigenvalue weighted by Gasteiger charge is 2.24. The first-order valence-electron chi connectivity index (χ1n) is 6.21. The Bertz CT molecular complexity index is 736. The number of benzene rings is 2. The van der Waals surface area contributed by atoms with E-state index in [0.29, 0.717) is 6.10 Å². The van der Waals surface area contributed by atoms with Crippen LogP contribution in [0.5, 0.6) is 0 Å². The molecule has 0 bridgehead atoms. The fraction of sp³-hybridized carbons (Fsp3) is 0.200. The molecule has 1 aromatic heterocycles. The van der Waals surface area contributed by atoms with Crippen molar-refractivity contribution in [3.63, 3.8) is 0 Å². The topological polar surface area (TPSA) is 17.5 Å². The number of nitrogens with zero attached hydrogens (tertiary/aromatic N) is 1. The molecule has 1 aliphatic heterocycles. The average molecular weight is 415 g/mol. The van der Waals surface area contributed by atoms with Gasteiger partial charge in [-0.3, -0.25) is 0 Å². The van der Waals surface area contributed by atoms with Crippen LogP contribution in [0.3, 0.4) is 0 Å². The number of aromatic nitrogens is 1. The van der Waals surface area contributed by atoms with Gasteiger partial charge < -0.3 is 9.30 Å². The zero-order chi connectivity index (χ0) is 13.0. The molecule has 2 nitrogen and oxygen atoms in total. The molecular weight excluding hydrogens is 402 g/mol. The molecule has 0 spiro atoms. The van der Waals surface area contributed by atoms with Crippen molar-refractivity contribution in [2.24, 2.45) is 0 Å². The first-order valence-corrected chi connectivity index (χ1v) is 7.79. The van der Waals surface area contributed by atoms with Crippen LogP contribution in [0.25, 0.3) is 21.8 Å². The molecule has 1 aliphatic rings. The molecule has 0 aliphatic carbocycles. The van der Waals surface area contributed by atoms with Crippen LogP contribution in [0.4, 0.5) is 0 Å². The fourth-order valence-electron chi connectivity index (χ4n) is 2.62. The van der Waals surface area contributed by atoms with Crippen molar-refractivity contribution in [1.29, 1.82) is 0 Å². The van der Waals surface area contributed by atoms with Crippen molar-refractivity contribution in [3.05, 3.63) is 45.3 Å². The van der Waals surface area contributed by atoms with Crippen molar-refractivity contribution in [1.82, 2.24) is 4.57 Å². The molecule has 20 heavy (non-hydrogen) atoms. The van der Waals surface area contributed by atoms with E-state index in [9.17, 15) is 0 Å². The molecule has 0 amide bonds. The van der Waals surface area contributed by atoms with Crippen LogP contribution >= 0.6 is 45.4 Å². The molecule has 2 heterocycles. The van der Waals surface area contributed by atoms with Crippen LogP contribution < -0.4 is 0 Å². The third kappa shape index (κ3) is 2.41. The van der Waals surface area contributed by atoms with Gasteiger partial charge in [-0.2, -0.15) is 13.5 Å². The largest absolute Gasteiger partial charge is 0.371 e. The van der Waals surface area contributed by atoms with Crippen molar-refractivity contribution < 1.29 is 4.74 Å². The Kier molecular flexibility index (Phi) is 3.88. The van der Waals surface area contributed by atoms with Gasteiger partial charge in [0.15, 0.2) is 0 Å². The molecule has 0 N–H and O–H groups in total. The van der Waals surface area contributed by atoms with Crippen molar-refractivity contribution in [2.75, 3.05) is 6.61 Å². The summed E-state index contributed by atoms with van der Waals surface area (Å²) in [5.74, 6) is 0.